The third-order valence-corrected chi connectivity index (χ3v) is 7.50. The number of thioether (sulfide) groups is 1. The lowest BCUT2D eigenvalue weighted by Crippen LogP contribution is -2.27. The van der Waals surface area contributed by atoms with Gasteiger partial charge in [0.2, 0.25) is 0 Å². The second kappa shape index (κ2) is 11.9. The number of rotatable bonds is 8. The van der Waals surface area contributed by atoms with Gasteiger partial charge in [0, 0.05) is 21.3 Å². The fraction of sp³-hybridized carbons (Fsp3) is 0.179. The second-order valence-electron chi connectivity index (χ2n) is 8.51. The number of anilines is 1. The molecular weight excluding hydrogens is 547 g/mol. The monoisotopic (exact) mass is 570 g/mol. The number of halogens is 2. The van der Waals surface area contributed by atoms with E-state index in [0.717, 1.165) is 27.8 Å². The fourth-order valence-electron chi connectivity index (χ4n) is 3.68. The van der Waals surface area contributed by atoms with E-state index in [2.05, 4.69) is 5.32 Å². The first kappa shape index (κ1) is 27.6. The van der Waals surface area contributed by atoms with Crippen LogP contribution in [0.2, 0.25) is 10.0 Å². The van der Waals surface area contributed by atoms with Crippen LogP contribution in [-0.2, 0) is 16.1 Å². The number of ether oxygens (including phenoxy) is 2. The number of methoxy groups -OCH3 is 1. The number of carbonyl (C=O) groups excluding carboxylic acids is 3. The summed E-state index contributed by atoms with van der Waals surface area (Å²) in [5, 5.41) is 3.15. The maximum absolute atomic E-state index is 13.0. The Morgan fingerprint density at radius 3 is 2.42 bits per heavy atom. The molecule has 0 radical (unpaired) electrons. The van der Waals surface area contributed by atoms with E-state index in [1.54, 1.807) is 42.5 Å². The molecule has 196 valence electrons. The maximum atomic E-state index is 13.0. The summed E-state index contributed by atoms with van der Waals surface area (Å²) in [5.41, 5.74) is 4.03. The highest BCUT2D eigenvalue weighted by Crippen LogP contribution is 2.37. The number of carbonyl (C=O) groups is 3. The zero-order valence-electron chi connectivity index (χ0n) is 20.8. The molecule has 3 amide bonds. The highest BCUT2D eigenvalue weighted by molar-refractivity contribution is 8.18. The van der Waals surface area contributed by atoms with Crippen LogP contribution < -0.4 is 14.8 Å². The van der Waals surface area contributed by atoms with Crippen LogP contribution >= 0.6 is 35.0 Å². The minimum absolute atomic E-state index is 0.0270. The average Bonchev–Trinajstić information content (AvgIpc) is 3.14. The zero-order valence-corrected chi connectivity index (χ0v) is 23.2. The van der Waals surface area contributed by atoms with Gasteiger partial charge in [-0.2, -0.15) is 0 Å². The quantitative estimate of drug-likeness (QED) is 0.297. The van der Waals surface area contributed by atoms with Gasteiger partial charge >= 0.3 is 0 Å². The zero-order chi connectivity index (χ0) is 27.4. The van der Waals surface area contributed by atoms with Crippen molar-refractivity contribution >= 4 is 63.8 Å². The summed E-state index contributed by atoms with van der Waals surface area (Å²) in [5.74, 6) is -0.0221. The van der Waals surface area contributed by atoms with Crippen LogP contribution in [0, 0.1) is 13.8 Å². The van der Waals surface area contributed by atoms with Gasteiger partial charge in [0.05, 0.1) is 18.6 Å². The average molecular weight is 571 g/mol. The van der Waals surface area contributed by atoms with E-state index >= 15 is 0 Å². The predicted molar refractivity (Wildman–Crippen MR) is 151 cm³/mol. The molecule has 38 heavy (non-hydrogen) atoms. The van der Waals surface area contributed by atoms with E-state index < -0.39 is 11.1 Å². The van der Waals surface area contributed by atoms with Crippen molar-refractivity contribution in [3.05, 3.63) is 91.8 Å². The lowest BCUT2D eigenvalue weighted by atomic mass is 10.1. The Hall–Kier alpha value is -3.46. The van der Waals surface area contributed by atoms with Gasteiger partial charge in [-0.3, -0.25) is 19.3 Å². The van der Waals surface area contributed by atoms with Gasteiger partial charge in [0.1, 0.15) is 0 Å². The van der Waals surface area contributed by atoms with Gasteiger partial charge in [-0.15, -0.1) is 0 Å². The minimum Gasteiger partial charge on any atom is -0.493 e. The molecular formula is C28H24Cl2N2O5S. The van der Waals surface area contributed by atoms with E-state index in [1.807, 2.05) is 32.0 Å². The molecule has 4 rings (SSSR count). The highest BCUT2D eigenvalue weighted by atomic mass is 35.5. The molecule has 0 saturated carbocycles. The molecule has 1 N–H and O–H groups in total. The molecule has 0 unspecified atom stereocenters. The summed E-state index contributed by atoms with van der Waals surface area (Å²) >= 11 is 13.2. The number of aryl methyl sites for hydroxylation is 2. The molecule has 1 aliphatic rings. The van der Waals surface area contributed by atoms with Crippen molar-refractivity contribution in [1.29, 1.82) is 0 Å². The van der Waals surface area contributed by atoms with Crippen molar-refractivity contribution in [2.75, 3.05) is 19.0 Å². The Morgan fingerprint density at radius 2 is 1.74 bits per heavy atom. The third kappa shape index (κ3) is 6.32. The summed E-state index contributed by atoms with van der Waals surface area (Å²) in [6.45, 7) is 3.73. The van der Waals surface area contributed by atoms with Crippen LogP contribution in [0.4, 0.5) is 10.5 Å². The van der Waals surface area contributed by atoms with Crippen molar-refractivity contribution in [3.8, 4) is 11.5 Å². The fourth-order valence-corrected chi connectivity index (χ4v) is 5.04. The predicted octanol–water partition coefficient (Wildman–Crippen LogP) is 6.87. The molecule has 1 aliphatic heterocycles. The van der Waals surface area contributed by atoms with Crippen LogP contribution in [0.5, 0.6) is 11.5 Å². The van der Waals surface area contributed by atoms with Gasteiger partial charge in [-0.25, -0.2) is 0 Å². The second-order valence-corrected chi connectivity index (χ2v) is 10.3. The third-order valence-electron chi connectivity index (χ3n) is 5.89. The number of hydrogen-bond donors (Lipinski definition) is 1. The molecule has 1 saturated heterocycles. The van der Waals surface area contributed by atoms with Gasteiger partial charge in [0.25, 0.3) is 17.1 Å². The van der Waals surface area contributed by atoms with Gasteiger partial charge < -0.3 is 14.8 Å². The molecule has 0 aromatic heterocycles. The topological polar surface area (TPSA) is 84.9 Å². The smallest absolute Gasteiger partial charge is 0.293 e. The Morgan fingerprint density at radius 1 is 1.00 bits per heavy atom. The van der Waals surface area contributed by atoms with E-state index in [4.69, 9.17) is 32.7 Å². The van der Waals surface area contributed by atoms with Crippen molar-refractivity contribution in [2.24, 2.45) is 0 Å². The van der Waals surface area contributed by atoms with Crippen molar-refractivity contribution < 1.29 is 23.9 Å². The first-order valence-corrected chi connectivity index (χ1v) is 13.1. The first-order valence-electron chi connectivity index (χ1n) is 11.5. The molecule has 10 heteroatoms. The van der Waals surface area contributed by atoms with Gasteiger partial charge in [-0.05, 0) is 84.8 Å². The van der Waals surface area contributed by atoms with E-state index in [1.165, 1.54) is 7.11 Å². The van der Waals surface area contributed by atoms with Crippen LogP contribution in [0.25, 0.3) is 6.08 Å². The van der Waals surface area contributed by atoms with Crippen LogP contribution in [0.15, 0.2) is 59.5 Å². The van der Waals surface area contributed by atoms with E-state index in [-0.39, 0.29) is 24.0 Å². The Bertz CT molecular complexity index is 1440. The molecule has 0 bridgehead atoms. The normalized spacial score (nSPS) is 14.2. The van der Waals surface area contributed by atoms with Crippen molar-refractivity contribution in [3.63, 3.8) is 0 Å². The summed E-state index contributed by atoms with van der Waals surface area (Å²) in [6, 6.07) is 15.7. The SMILES string of the molecule is COc1cc(/C=C2/SC(=O)N(Cc3c(Cl)cccc3Cl)C2=O)ccc1OCC(=O)Nc1ccc(C)c(C)c1. The van der Waals surface area contributed by atoms with Crippen molar-refractivity contribution in [1.82, 2.24) is 4.90 Å². The summed E-state index contributed by atoms with van der Waals surface area (Å²) in [4.78, 5) is 39.3. The lowest BCUT2D eigenvalue weighted by molar-refractivity contribution is -0.123. The molecule has 0 atom stereocenters. The molecule has 1 heterocycles. The lowest BCUT2D eigenvalue weighted by Gasteiger charge is -2.14. The van der Waals surface area contributed by atoms with Gasteiger partial charge in [-0.1, -0.05) is 41.4 Å². The maximum Gasteiger partial charge on any atom is 0.293 e. The molecule has 3 aromatic carbocycles. The minimum atomic E-state index is -0.446. The number of benzene rings is 3. The molecule has 3 aromatic rings. The van der Waals surface area contributed by atoms with E-state index in [9.17, 15) is 14.4 Å². The van der Waals surface area contributed by atoms with Gasteiger partial charge in [0.15, 0.2) is 18.1 Å². The molecule has 7 nitrogen and oxygen atoms in total. The number of imide groups is 1. The highest BCUT2D eigenvalue weighted by Gasteiger charge is 2.35. The number of amides is 3. The summed E-state index contributed by atoms with van der Waals surface area (Å²) in [7, 11) is 1.47. The Balaban J connectivity index is 1.43. The number of nitrogens with one attached hydrogen (secondary N) is 1. The first-order chi connectivity index (χ1) is 18.2. The molecule has 0 spiro atoms. The standard InChI is InChI=1S/C28H24Cl2N2O5S/c1-16-7-9-19(11-17(16)2)31-26(33)15-37-23-10-8-18(12-24(23)36-3)13-25-27(34)32(28(35)38-25)14-20-21(29)5-4-6-22(20)30/h4-13H,14-15H2,1-3H3,(H,31,33)/b25-13+. The largest absolute Gasteiger partial charge is 0.493 e. The molecule has 0 aliphatic carbocycles. The van der Waals surface area contributed by atoms with Crippen LogP contribution in [-0.4, -0.2) is 35.7 Å². The Kier molecular flexibility index (Phi) is 8.66. The van der Waals surface area contributed by atoms with Crippen molar-refractivity contribution in [2.45, 2.75) is 20.4 Å². The van der Waals surface area contributed by atoms with Crippen LogP contribution in [0.3, 0.4) is 0 Å². The molecule has 1 fully saturated rings. The van der Waals surface area contributed by atoms with E-state index in [0.29, 0.717) is 38.4 Å². The number of nitrogens with zero attached hydrogens (tertiary/aromatic N) is 1. The summed E-state index contributed by atoms with van der Waals surface area (Å²) < 4.78 is 11.1. The van der Waals surface area contributed by atoms with Crippen LogP contribution in [0.1, 0.15) is 22.3 Å². The summed E-state index contributed by atoms with van der Waals surface area (Å²) in [6.07, 6.45) is 1.60. The number of hydrogen-bond acceptors (Lipinski definition) is 6. The Labute approximate surface area is 234 Å².